The van der Waals surface area contributed by atoms with Crippen molar-refractivity contribution in [3.63, 3.8) is 0 Å². The van der Waals surface area contributed by atoms with Gasteiger partial charge in [0.15, 0.2) is 0 Å². The number of aromatic amines is 1. The van der Waals surface area contributed by atoms with Crippen LogP contribution < -0.4 is 5.32 Å². The molecule has 1 heterocycles. The van der Waals surface area contributed by atoms with Crippen molar-refractivity contribution >= 4 is 16.8 Å². The maximum Gasteiger partial charge on any atom is 0.220 e. The highest BCUT2D eigenvalue weighted by Crippen LogP contribution is 2.20. The van der Waals surface area contributed by atoms with E-state index in [1.165, 1.54) is 6.07 Å². The fourth-order valence-electron chi connectivity index (χ4n) is 1.94. The molecule has 1 aromatic heterocycles. The molecule has 0 saturated carbocycles. The summed E-state index contributed by atoms with van der Waals surface area (Å²) in [5.74, 6) is -0.165. The highest BCUT2D eigenvalue weighted by atomic mass is 19.1. The van der Waals surface area contributed by atoms with Crippen molar-refractivity contribution in [2.75, 3.05) is 0 Å². The summed E-state index contributed by atoms with van der Waals surface area (Å²) in [5.41, 5.74) is 2.50. The monoisotopic (exact) mass is 248 g/mol. The van der Waals surface area contributed by atoms with E-state index in [4.69, 9.17) is 0 Å². The highest BCUT2D eigenvalue weighted by Gasteiger charge is 2.07. The van der Waals surface area contributed by atoms with Crippen LogP contribution in [0.15, 0.2) is 18.2 Å². The lowest BCUT2D eigenvalue weighted by atomic mass is 10.1. The SMILES string of the molecule is CCC(=O)NCc1cc2cc(F)c(CC)cc2[nH]1. The van der Waals surface area contributed by atoms with Crippen LogP contribution in [0.25, 0.3) is 10.9 Å². The largest absolute Gasteiger partial charge is 0.357 e. The molecule has 4 heteroatoms. The van der Waals surface area contributed by atoms with Crippen LogP contribution in [-0.4, -0.2) is 10.9 Å². The number of aryl methyl sites for hydroxylation is 1. The van der Waals surface area contributed by atoms with Crippen LogP contribution in [0.3, 0.4) is 0 Å². The van der Waals surface area contributed by atoms with E-state index < -0.39 is 0 Å². The van der Waals surface area contributed by atoms with E-state index >= 15 is 0 Å². The summed E-state index contributed by atoms with van der Waals surface area (Å²) in [6, 6.07) is 5.24. The Bertz CT molecular complexity index is 574. The number of rotatable bonds is 4. The number of nitrogens with one attached hydrogen (secondary N) is 2. The van der Waals surface area contributed by atoms with Gasteiger partial charge in [-0.15, -0.1) is 0 Å². The zero-order chi connectivity index (χ0) is 13.1. The molecule has 2 aromatic rings. The number of H-pyrrole nitrogens is 1. The van der Waals surface area contributed by atoms with Crippen LogP contribution in [0.5, 0.6) is 0 Å². The second-order valence-corrected chi connectivity index (χ2v) is 4.31. The lowest BCUT2D eigenvalue weighted by Gasteiger charge is -2.00. The molecule has 0 saturated heterocycles. The standard InChI is InChI=1S/C14H17FN2O/c1-3-9-7-13-10(6-12(9)15)5-11(17-13)8-16-14(18)4-2/h5-7,17H,3-4,8H2,1-2H3,(H,16,18). The number of fused-ring (bicyclic) bond motifs is 1. The summed E-state index contributed by atoms with van der Waals surface area (Å²) in [5, 5.41) is 3.63. The van der Waals surface area contributed by atoms with Gasteiger partial charge in [-0.05, 0) is 30.2 Å². The van der Waals surface area contributed by atoms with Crippen molar-refractivity contribution in [1.82, 2.24) is 10.3 Å². The van der Waals surface area contributed by atoms with Gasteiger partial charge in [-0.3, -0.25) is 4.79 Å². The number of carbonyl (C=O) groups excluding carboxylic acids is 1. The van der Waals surface area contributed by atoms with Crippen molar-refractivity contribution in [3.8, 4) is 0 Å². The van der Waals surface area contributed by atoms with Gasteiger partial charge in [0.2, 0.25) is 5.91 Å². The molecule has 18 heavy (non-hydrogen) atoms. The van der Waals surface area contributed by atoms with E-state index in [1.54, 1.807) is 0 Å². The molecule has 0 aliphatic rings. The summed E-state index contributed by atoms with van der Waals surface area (Å²) >= 11 is 0. The predicted octanol–water partition coefficient (Wildman–Crippen LogP) is 2.90. The van der Waals surface area contributed by atoms with Gasteiger partial charge in [-0.25, -0.2) is 4.39 Å². The molecule has 0 aliphatic carbocycles. The van der Waals surface area contributed by atoms with Crippen molar-refractivity contribution in [1.29, 1.82) is 0 Å². The van der Waals surface area contributed by atoms with Crippen molar-refractivity contribution in [2.45, 2.75) is 33.2 Å². The number of halogens is 1. The number of hydrogen-bond acceptors (Lipinski definition) is 1. The van der Waals surface area contributed by atoms with Crippen LogP contribution in [-0.2, 0) is 17.8 Å². The Morgan fingerprint density at radius 1 is 1.33 bits per heavy atom. The average Bonchev–Trinajstić information content (AvgIpc) is 2.76. The quantitative estimate of drug-likeness (QED) is 0.858. The van der Waals surface area contributed by atoms with E-state index in [-0.39, 0.29) is 11.7 Å². The molecule has 0 aliphatic heterocycles. The minimum absolute atomic E-state index is 0.00841. The summed E-state index contributed by atoms with van der Waals surface area (Å²) < 4.78 is 13.6. The zero-order valence-electron chi connectivity index (χ0n) is 10.6. The van der Waals surface area contributed by atoms with Gasteiger partial charge in [0.05, 0.1) is 6.54 Å². The molecule has 2 N–H and O–H groups in total. The lowest BCUT2D eigenvalue weighted by Crippen LogP contribution is -2.21. The number of benzene rings is 1. The average molecular weight is 248 g/mol. The van der Waals surface area contributed by atoms with Crippen LogP contribution in [0, 0.1) is 5.82 Å². The first-order chi connectivity index (χ1) is 8.63. The van der Waals surface area contributed by atoms with E-state index in [9.17, 15) is 9.18 Å². The Hall–Kier alpha value is -1.84. The molecule has 96 valence electrons. The Morgan fingerprint density at radius 3 is 2.78 bits per heavy atom. The minimum Gasteiger partial charge on any atom is -0.357 e. The summed E-state index contributed by atoms with van der Waals surface area (Å²) in [7, 11) is 0. The first-order valence-corrected chi connectivity index (χ1v) is 6.20. The van der Waals surface area contributed by atoms with Gasteiger partial charge < -0.3 is 10.3 Å². The van der Waals surface area contributed by atoms with Gasteiger partial charge in [-0.2, -0.15) is 0 Å². The topological polar surface area (TPSA) is 44.9 Å². The Labute approximate surface area is 105 Å². The van der Waals surface area contributed by atoms with E-state index in [0.717, 1.165) is 16.6 Å². The molecule has 0 fully saturated rings. The second kappa shape index (κ2) is 5.21. The van der Waals surface area contributed by atoms with E-state index in [0.29, 0.717) is 24.9 Å². The smallest absolute Gasteiger partial charge is 0.220 e. The summed E-state index contributed by atoms with van der Waals surface area (Å²) in [6.07, 6.45) is 1.14. The fraction of sp³-hybridized carbons (Fsp3) is 0.357. The number of carbonyl (C=O) groups is 1. The molecular formula is C14H17FN2O. The summed E-state index contributed by atoms with van der Waals surface area (Å²) in [4.78, 5) is 14.4. The number of amides is 1. The van der Waals surface area contributed by atoms with Crippen LogP contribution in [0.1, 0.15) is 31.5 Å². The third-order valence-electron chi connectivity index (χ3n) is 3.02. The maximum atomic E-state index is 13.6. The van der Waals surface area contributed by atoms with Gasteiger partial charge in [-0.1, -0.05) is 13.8 Å². The molecule has 0 spiro atoms. The van der Waals surface area contributed by atoms with Crippen LogP contribution >= 0.6 is 0 Å². The molecule has 3 nitrogen and oxygen atoms in total. The van der Waals surface area contributed by atoms with E-state index in [1.807, 2.05) is 26.0 Å². The molecule has 1 amide bonds. The predicted molar refractivity (Wildman–Crippen MR) is 69.8 cm³/mol. The minimum atomic E-state index is -0.173. The molecule has 0 atom stereocenters. The molecule has 2 rings (SSSR count). The third-order valence-corrected chi connectivity index (χ3v) is 3.02. The van der Waals surface area contributed by atoms with Gasteiger partial charge in [0, 0.05) is 23.0 Å². The maximum absolute atomic E-state index is 13.6. The van der Waals surface area contributed by atoms with Crippen molar-refractivity contribution in [3.05, 3.63) is 35.3 Å². The molecule has 0 bridgehead atoms. The Balaban J connectivity index is 2.24. The highest BCUT2D eigenvalue weighted by molar-refractivity contribution is 5.81. The Morgan fingerprint density at radius 2 is 2.11 bits per heavy atom. The van der Waals surface area contributed by atoms with Gasteiger partial charge >= 0.3 is 0 Å². The fourth-order valence-corrected chi connectivity index (χ4v) is 1.94. The Kier molecular flexibility index (Phi) is 3.65. The molecule has 0 radical (unpaired) electrons. The van der Waals surface area contributed by atoms with Gasteiger partial charge in [0.1, 0.15) is 5.82 Å². The first kappa shape index (κ1) is 12.6. The number of aromatic nitrogens is 1. The van der Waals surface area contributed by atoms with Gasteiger partial charge in [0.25, 0.3) is 0 Å². The van der Waals surface area contributed by atoms with Crippen LogP contribution in [0.4, 0.5) is 4.39 Å². The number of hydrogen-bond donors (Lipinski definition) is 2. The second-order valence-electron chi connectivity index (χ2n) is 4.31. The molecular weight excluding hydrogens is 231 g/mol. The van der Waals surface area contributed by atoms with Crippen molar-refractivity contribution < 1.29 is 9.18 Å². The lowest BCUT2D eigenvalue weighted by molar-refractivity contribution is -0.120. The third kappa shape index (κ3) is 2.53. The molecule has 0 unspecified atom stereocenters. The first-order valence-electron chi connectivity index (χ1n) is 6.20. The van der Waals surface area contributed by atoms with Crippen molar-refractivity contribution in [2.24, 2.45) is 0 Å². The molecule has 1 aromatic carbocycles. The summed E-state index contributed by atoms with van der Waals surface area (Å²) in [6.45, 7) is 4.18. The zero-order valence-corrected chi connectivity index (χ0v) is 10.6. The van der Waals surface area contributed by atoms with E-state index in [2.05, 4.69) is 10.3 Å². The van der Waals surface area contributed by atoms with Crippen LogP contribution in [0.2, 0.25) is 0 Å². The normalized spacial score (nSPS) is 10.8.